The van der Waals surface area contributed by atoms with Gasteiger partial charge in [-0.2, -0.15) is 0 Å². The summed E-state index contributed by atoms with van der Waals surface area (Å²) < 4.78 is 0. The highest BCUT2D eigenvalue weighted by Gasteiger charge is 2.29. The fraction of sp³-hybridized carbons (Fsp3) is 0.625. The van der Waals surface area contributed by atoms with Crippen LogP contribution in [0.1, 0.15) is 88.3 Å². The van der Waals surface area contributed by atoms with Crippen molar-refractivity contribution in [2.45, 2.75) is 86.0 Å². The average Bonchev–Trinajstić information content (AvgIpc) is 3.36. The van der Waals surface area contributed by atoms with Crippen molar-refractivity contribution in [3.63, 3.8) is 0 Å². The topological polar surface area (TPSA) is 38.7 Å². The third-order valence-electron chi connectivity index (χ3n) is 5.26. The molecular formula is C24H35N3. The Hall–Kier alpha value is -1.77. The molecule has 1 saturated carbocycles. The molecule has 0 spiro atoms. The van der Waals surface area contributed by atoms with E-state index < -0.39 is 0 Å². The molecule has 1 fully saturated rings. The molecule has 3 nitrogen and oxygen atoms in total. The van der Waals surface area contributed by atoms with Gasteiger partial charge in [-0.1, -0.05) is 40.7 Å². The number of pyridine rings is 1. The molecule has 146 valence electrons. The number of nitrogens with zero attached hydrogens (tertiary/aromatic N) is 3. The van der Waals surface area contributed by atoms with Crippen LogP contribution in [0.4, 0.5) is 0 Å². The zero-order valence-electron chi connectivity index (χ0n) is 18.0. The van der Waals surface area contributed by atoms with Gasteiger partial charge in [-0.3, -0.25) is 4.98 Å². The first-order valence-corrected chi connectivity index (χ1v) is 10.4. The van der Waals surface area contributed by atoms with Crippen LogP contribution in [0, 0.1) is 17.8 Å². The summed E-state index contributed by atoms with van der Waals surface area (Å²) in [6.45, 7) is 13.6. The zero-order chi connectivity index (χ0) is 19.7. The van der Waals surface area contributed by atoms with Gasteiger partial charge >= 0.3 is 0 Å². The van der Waals surface area contributed by atoms with Crippen LogP contribution in [0.2, 0.25) is 0 Å². The van der Waals surface area contributed by atoms with Crippen LogP contribution >= 0.6 is 0 Å². The van der Waals surface area contributed by atoms with Crippen molar-refractivity contribution in [3.8, 4) is 0 Å². The third-order valence-corrected chi connectivity index (χ3v) is 5.26. The van der Waals surface area contributed by atoms with Gasteiger partial charge in [-0.25, -0.2) is 9.97 Å². The Kier molecular flexibility index (Phi) is 5.69. The normalized spacial score (nSPS) is 15.2. The largest absolute Gasteiger partial charge is 0.261 e. The van der Waals surface area contributed by atoms with Crippen LogP contribution in [-0.4, -0.2) is 15.0 Å². The van der Waals surface area contributed by atoms with Crippen molar-refractivity contribution < 1.29 is 0 Å². The van der Waals surface area contributed by atoms with E-state index in [1.165, 1.54) is 29.8 Å². The Labute approximate surface area is 165 Å². The maximum atomic E-state index is 4.86. The van der Waals surface area contributed by atoms with Crippen LogP contribution in [0.3, 0.4) is 0 Å². The minimum absolute atomic E-state index is 0.212. The van der Waals surface area contributed by atoms with Gasteiger partial charge < -0.3 is 0 Å². The van der Waals surface area contributed by atoms with E-state index in [2.05, 4.69) is 69.7 Å². The van der Waals surface area contributed by atoms with Crippen molar-refractivity contribution >= 4 is 0 Å². The fourth-order valence-electron chi connectivity index (χ4n) is 3.78. The number of aromatic nitrogens is 3. The fourth-order valence-corrected chi connectivity index (χ4v) is 3.78. The molecule has 0 N–H and O–H groups in total. The van der Waals surface area contributed by atoms with E-state index >= 15 is 0 Å². The van der Waals surface area contributed by atoms with Gasteiger partial charge in [0.1, 0.15) is 5.82 Å². The molecule has 3 rings (SSSR count). The Morgan fingerprint density at radius 2 is 1.78 bits per heavy atom. The molecule has 2 aromatic heterocycles. The molecule has 0 aromatic carbocycles. The number of hydrogen-bond acceptors (Lipinski definition) is 3. The minimum Gasteiger partial charge on any atom is -0.261 e. The van der Waals surface area contributed by atoms with Crippen LogP contribution in [0.15, 0.2) is 24.4 Å². The SMILES string of the molecule is Cc1cc(CCC(C)(C)Cc2cccnc2C2CC2)nc(CC(C)(C)C)n1. The molecule has 2 aromatic rings. The summed E-state index contributed by atoms with van der Waals surface area (Å²) in [5, 5.41) is 0. The van der Waals surface area contributed by atoms with E-state index in [-0.39, 0.29) is 10.8 Å². The van der Waals surface area contributed by atoms with E-state index in [0.717, 1.165) is 37.2 Å². The van der Waals surface area contributed by atoms with Crippen molar-refractivity contribution in [3.05, 3.63) is 52.9 Å². The maximum absolute atomic E-state index is 4.86. The van der Waals surface area contributed by atoms with Crippen LogP contribution < -0.4 is 0 Å². The average molecular weight is 366 g/mol. The number of rotatable bonds is 7. The number of aryl methyl sites for hydroxylation is 2. The maximum Gasteiger partial charge on any atom is 0.129 e. The lowest BCUT2D eigenvalue weighted by Gasteiger charge is -2.26. The first kappa shape index (κ1) is 20.0. The van der Waals surface area contributed by atoms with Crippen LogP contribution in [0.5, 0.6) is 0 Å². The summed E-state index contributed by atoms with van der Waals surface area (Å²) in [6, 6.07) is 6.52. The summed E-state index contributed by atoms with van der Waals surface area (Å²) in [5.41, 5.74) is 5.50. The van der Waals surface area contributed by atoms with Crippen LogP contribution in [-0.2, 0) is 19.3 Å². The molecule has 1 aliphatic carbocycles. The quantitative estimate of drug-likeness (QED) is 0.618. The molecule has 1 aliphatic rings. The molecule has 3 heteroatoms. The highest BCUT2D eigenvalue weighted by Crippen LogP contribution is 2.42. The molecule has 2 heterocycles. The Bertz CT molecular complexity index is 782. The van der Waals surface area contributed by atoms with Crippen molar-refractivity contribution in [2.24, 2.45) is 10.8 Å². The van der Waals surface area contributed by atoms with E-state index in [9.17, 15) is 0 Å². The van der Waals surface area contributed by atoms with Crippen LogP contribution in [0.25, 0.3) is 0 Å². The number of hydrogen-bond donors (Lipinski definition) is 0. The van der Waals surface area contributed by atoms with Gasteiger partial charge in [0.2, 0.25) is 0 Å². The van der Waals surface area contributed by atoms with E-state index in [1.807, 2.05) is 6.20 Å². The Morgan fingerprint density at radius 1 is 1.04 bits per heavy atom. The van der Waals surface area contributed by atoms with Gasteiger partial charge in [0, 0.05) is 35.6 Å². The summed E-state index contributed by atoms with van der Waals surface area (Å²) in [6.07, 6.45) is 8.70. The zero-order valence-corrected chi connectivity index (χ0v) is 18.0. The highest BCUT2D eigenvalue weighted by molar-refractivity contribution is 5.27. The molecule has 0 bridgehead atoms. The Balaban J connectivity index is 1.67. The van der Waals surface area contributed by atoms with Gasteiger partial charge in [0.05, 0.1) is 0 Å². The molecule has 0 aliphatic heterocycles. The second-order valence-corrected chi connectivity index (χ2v) is 10.3. The second-order valence-electron chi connectivity index (χ2n) is 10.3. The molecule has 27 heavy (non-hydrogen) atoms. The smallest absolute Gasteiger partial charge is 0.129 e. The van der Waals surface area contributed by atoms with Crippen molar-refractivity contribution in [1.82, 2.24) is 15.0 Å². The first-order chi connectivity index (χ1) is 12.6. The molecule has 0 amide bonds. The van der Waals surface area contributed by atoms with Gasteiger partial charge in [0.15, 0.2) is 0 Å². The standard InChI is InChI=1S/C24H35N3/c1-17-14-20(27-21(26-17)16-23(2,3)4)11-12-24(5,6)15-19-8-7-13-25-22(19)18-9-10-18/h7-8,13-14,18H,9-12,15-16H2,1-6H3. The minimum atomic E-state index is 0.212. The monoisotopic (exact) mass is 365 g/mol. The highest BCUT2D eigenvalue weighted by atomic mass is 14.9. The summed E-state index contributed by atoms with van der Waals surface area (Å²) in [4.78, 5) is 14.2. The van der Waals surface area contributed by atoms with Crippen molar-refractivity contribution in [1.29, 1.82) is 0 Å². The second kappa shape index (κ2) is 7.69. The summed E-state index contributed by atoms with van der Waals surface area (Å²) >= 11 is 0. The lowest BCUT2D eigenvalue weighted by atomic mass is 9.80. The lowest BCUT2D eigenvalue weighted by Crippen LogP contribution is -2.18. The predicted molar refractivity (Wildman–Crippen MR) is 112 cm³/mol. The summed E-state index contributed by atoms with van der Waals surface area (Å²) in [7, 11) is 0. The Morgan fingerprint density at radius 3 is 2.44 bits per heavy atom. The molecule has 0 radical (unpaired) electrons. The molecular weight excluding hydrogens is 330 g/mol. The van der Waals surface area contributed by atoms with E-state index in [1.54, 1.807) is 0 Å². The van der Waals surface area contributed by atoms with Gasteiger partial charge in [0.25, 0.3) is 0 Å². The van der Waals surface area contributed by atoms with E-state index in [4.69, 9.17) is 4.98 Å². The van der Waals surface area contributed by atoms with Crippen molar-refractivity contribution in [2.75, 3.05) is 0 Å². The molecule has 0 saturated heterocycles. The van der Waals surface area contributed by atoms with E-state index in [0.29, 0.717) is 5.92 Å². The predicted octanol–water partition coefficient (Wildman–Crippen LogP) is 5.85. The summed E-state index contributed by atoms with van der Waals surface area (Å²) in [5.74, 6) is 1.69. The molecule has 0 atom stereocenters. The lowest BCUT2D eigenvalue weighted by molar-refractivity contribution is 0.329. The van der Waals surface area contributed by atoms with Gasteiger partial charge in [-0.15, -0.1) is 0 Å². The molecule has 0 unspecified atom stereocenters. The van der Waals surface area contributed by atoms with Gasteiger partial charge in [-0.05, 0) is 67.6 Å². The first-order valence-electron chi connectivity index (χ1n) is 10.4. The third kappa shape index (κ3) is 6.12.